The number of aromatic nitrogens is 3. The summed E-state index contributed by atoms with van der Waals surface area (Å²) in [6, 6.07) is 3.58. The average Bonchev–Trinajstić information content (AvgIpc) is 2.84. The van der Waals surface area contributed by atoms with Crippen LogP contribution in [0.4, 0.5) is 11.8 Å². The molecule has 2 heterocycles. The zero-order chi connectivity index (χ0) is 15.2. The third-order valence-electron chi connectivity index (χ3n) is 2.75. The number of carbonyl (C=O) groups excluding carboxylic acids is 1. The molecule has 0 unspecified atom stereocenters. The lowest BCUT2D eigenvalue weighted by Gasteiger charge is -2.08. The normalized spacial score (nSPS) is 10.4. The minimum absolute atomic E-state index is 0.0938. The number of hydrogen-bond acceptors (Lipinski definition) is 6. The number of nitrogens with one attached hydrogen (secondary N) is 2. The maximum absolute atomic E-state index is 12.2. The van der Waals surface area contributed by atoms with E-state index in [9.17, 15) is 4.79 Å². The smallest absolute Gasteiger partial charge is 0.328 e. The Morgan fingerprint density at radius 2 is 2.10 bits per heavy atom. The second-order valence-electron chi connectivity index (χ2n) is 4.61. The maximum atomic E-state index is 12.2. The summed E-state index contributed by atoms with van der Waals surface area (Å²) in [5, 5.41) is 9.34. The Bertz CT molecular complexity index is 599. The molecule has 0 fully saturated rings. The Morgan fingerprint density at radius 1 is 1.29 bits per heavy atom. The van der Waals surface area contributed by atoms with Crippen molar-refractivity contribution < 1.29 is 9.32 Å². The lowest BCUT2D eigenvalue weighted by Crippen LogP contribution is -2.14. The van der Waals surface area contributed by atoms with Gasteiger partial charge in [-0.15, -0.1) is 0 Å². The first kappa shape index (κ1) is 15.0. The third kappa shape index (κ3) is 4.01. The monoisotopic (exact) mass is 289 g/mol. The number of anilines is 2. The summed E-state index contributed by atoms with van der Waals surface area (Å²) in [7, 11) is 0. The van der Waals surface area contributed by atoms with Gasteiger partial charge in [-0.3, -0.25) is 10.1 Å². The Labute approximate surface area is 123 Å². The third-order valence-corrected chi connectivity index (χ3v) is 2.75. The summed E-state index contributed by atoms with van der Waals surface area (Å²) in [6.07, 6.45) is 1.78. The van der Waals surface area contributed by atoms with Gasteiger partial charge in [0.1, 0.15) is 5.82 Å². The lowest BCUT2D eigenvalue weighted by atomic mass is 10.1. The van der Waals surface area contributed by atoms with Crippen LogP contribution in [0.1, 0.15) is 42.1 Å². The van der Waals surface area contributed by atoms with Gasteiger partial charge in [-0.25, -0.2) is 4.98 Å². The fourth-order valence-corrected chi connectivity index (χ4v) is 1.89. The second kappa shape index (κ2) is 6.83. The largest absolute Gasteiger partial charge is 0.370 e. The number of hydrogen-bond donors (Lipinski definition) is 2. The first-order valence-corrected chi connectivity index (χ1v) is 6.98. The predicted octanol–water partition coefficient (Wildman–Crippen LogP) is 2.41. The Hall–Kier alpha value is -2.44. The average molecular weight is 289 g/mol. The summed E-state index contributed by atoms with van der Waals surface area (Å²) in [6.45, 7) is 6.48. The Morgan fingerprint density at radius 3 is 2.71 bits per heavy atom. The molecule has 2 rings (SSSR count). The van der Waals surface area contributed by atoms with Crippen molar-refractivity contribution in [2.75, 3.05) is 17.2 Å². The summed E-state index contributed by atoms with van der Waals surface area (Å²) in [4.78, 5) is 20.7. The minimum Gasteiger partial charge on any atom is -0.370 e. The molecule has 112 valence electrons. The van der Waals surface area contributed by atoms with Crippen LogP contribution < -0.4 is 10.6 Å². The van der Waals surface area contributed by atoms with Crippen LogP contribution in [0.25, 0.3) is 0 Å². The van der Waals surface area contributed by atoms with Crippen molar-refractivity contribution in [3.05, 3.63) is 29.2 Å². The number of nitrogens with zero attached hydrogens (tertiary/aromatic N) is 3. The van der Waals surface area contributed by atoms with Crippen LogP contribution in [-0.2, 0) is 6.42 Å². The molecular weight excluding hydrogens is 270 g/mol. The van der Waals surface area contributed by atoms with E-state index in [1.165, 1.54) is 0 Å². The van der Waals surface area contributed by atoms with Crippen LogP contribution in [0.5, 0.6) is 0 Å². The van der Waals surface area contributed by atoms with Gasteiger partial charge < -0.3 is 9.84 Å². The highest BCUT2D eigenvalue weighted by atomic mass is 16.5. The van der Waals surface area contributed by atoms with Gasteiger partial charge in [-0.1, -0.05) is 18.5 Å². The highest BCUT2D eigenvalue weighted by Crippen LogP contribution is 2.14. The van der Waals surface area contributed by atoms with Crippen molar-refractivity contribution in [3.8, 4) is 0 Å². The molecule has 1 amide bonds. The molecule has 7 heteroatoms. The van der Waals surface area contributed by atoms with Crippen molar-refractivity contribution >= 4 is 17.7 Å². The van der Waals surface area contributed by atoms with Gasteiger partial charge in [0.2, 0.25) is 0 Å². The number of amides is 1. The molecule has 0 aliphatic heterocycles. The molecule has 0 saturated carbocycles. The van der Waals surface area contributed by atoms with Crippen LogP contribution >= 0.6 is 0 Å². The molecule has 0 aliphatic rings. The van der Waals surface area contributed by atoms with Crippen LogP contribution in [0.15, 0.2) is 16.7 Å². The topological polar surface area (TPSA) is 92.9 Å². The molecule has 0 saturated heterocycles. The Kier molecular flexibility index (Phi) is 4.86. The SMILES string of the molecule is CCCc1cc(C(=O)Nc2nc(C)no2)cc(NCC)n1. The zero-order valence-corrected chi connectivity index (χ0v) is 12.4. The van der Waals surface area contributed by atoms with Crippen molar-refractivity contribution in [2.24, 2.45) is 0 Å². The van der Waals surface area contributed by atoms with Gasteiger partial charge in [0.05, 0.1) is 0 Å². The molecule has 7 nitrogen and oxygen atoms in total. The maximum Gasteiger partial charge on any atom is 0.328 e. The first-order valence-electron chi connectivity index (χ1n) is 6.98. The number of pyridine rings is 1. The molecule has 0 aromatic carbocycles. The Balaban J connectivity index is 2.21. The molecule has 2 N–H and O–H groups in total. The van der Waals surface area contributed by atoms with Crippen LogP contribution in [0, 0.1) is 6.92 Å². The highest BCUT2D eigenvalue weighted by molar-refractivity contribution is 6.03. The van der Waals surface area contributed by atoms with Crippen LogP contribution in [0.2, 0.25) is 0 Å². The molecule has 0 aliphatic carbocycles. The van der Waals surface area contributed by atoms with Gasteiger partial charge in [-0.2, -0.15) is 4.98 Å². The van der Waals surface area contributed by atoms with Crippen molar-refractivity contribution in [3.63, 3.8) is 0 Å². The van der Waals surface area contributed by atoms with E-state index < -0.39 is 0 Å². The van der Waals surface area contributed by atoms with Gasteiger partial charge in [-0.05, 0) is 32.4 Å². The van der Waals surface area contributed by atoms with Crippen molar-refractivity contribution in [1.29, 1.82) is 0 Å². The molecule has 0 atom stereocenters. The van der Waals surface area contributed by atoms with E-state index in [-0.39, 0.29) is 11.9 Å². The summed E-state index contributed by atoms with van der Waals surface area (Å²) in [5.41, 5.74) is 1.39. The standard InChI is InChI=1S/C14H19N5O2/c1-4-6-11-7-10(8-12(17-11)15-5-2)13(20)18-14-16-9(3)19-21-14/h7-8H,4-6H2,1-3H3,(H,15,17)(H,16,18,19,20). The van der Waals surface area contributed by atoms with E-state index in [1.807, 2.05) is 6.92 Å². The fourth-order valence-electron chi connectivity index (χ4n) is 1.89. The van der Waals surface area contributed by atoms with Crippen molar-refractivity contribution in [2.45, 2.75) is 33.6 Å². The van der Waals surface area contributed by atoms with Crippen LogP contribution in [-0.4, -0.2) is 27.6 Å². The molecule has 21 heavy (non-hydrogen) atoms. The second-order valence-corrected chi connectivity index (χ2v) is 4.61. The molecule has 2 aromatic heterocycles. The fraction of sp³-hybridized carbons (Fsp3) is 0.429. The highest BCUT2D eigenvalue weighted by Gasteiger charge is 2.13. The summed E-state index contributed by atoms with van der Waals surface area (Å²) in [5.74, 6) is 0.868. The lowest BCUT2D eigenvalue weighted by molar-refractivity contribution is 0.102. The van der Waals surface area contributed by atoms with Crippen molar-refractivity contribution in [1.82, 2.24) is 15.1 Å². The molecule has 0 bridgehead atoms. The number of carbonyl (C=O) groups is 1. The van der Waals surface area contributed by atoms with E-state index in [0.717, 1.165) is 25.1 Å². The van der Waals surface area contributed by atoms with E-state index in [0.29, 0.717) is 17.2 Å². The van der Waals surface area contributed by atoms with E-state index in [1.54, 1.807) is 19.1 Å². The number of aryl methyl sites for hydroxylation is 2. The number of rotatable bonds is 6. The molecule has 2 aromatic rings. The van der Waals surface area contributed by atoms with E-state index >= 15 is 0 Å². The summed E-state index contributed by atoms with van der Waals surface area (Å²) >= 11 is 0. The van der Waals surface area contributed by atoms with Crippen LogP contribution in [0.3, 0.4) is 0 Å². The minimum atomic E-state index is -0.294. The van der Waals surface area contributed by atoms with Gasteiger partial charge in [0.25, 0.3) is 5.91 Å². The zero-order valence-electron chi connectivity index (χ0n) is 12.4. The quantitative estimate of drug-likeness (QED) is 0.848. The van der Waals surface area contributed by atoms with E-state index in [2.05, 4.69) is 32.7 Å². The molecule has 0 spiro atoms. The first-order chi connectivity index (χ1) is 10.1. The van der Waals surface area contributed by atoms with Gasteiger partial charge in [0, 0.05) is 17.8 Å². The summed E-state index contributed by atoms with van der Waals surface area (Å²) < 4.78 is 4.89. The molecular formula is C14H19N5O2. The molecule has 0 radical (unpaired) electrons. The predicted molar refractivity (Wildman–Crippen MR) is 79.4 cm³/mol. The van der Waals surface area contributed by atoms with Gasteiger partial charge in [0.15, 0.2) is 5.82 Å². The van der Waals surface area contributed by atoms with Gasteiger partial charge >= 0.3 is 6.01 Å². The van der Waals surface area contributed by atoms with E-state index in [4.69, 9.17) is 4.52 Å².